The number of likely N-dealkylation sites (N-methyl/N-ethyl adjacent to an activating group) is 1. The molecule has 0 aliphatic rings. The third kappa shape index (κ3) is 3.12. The molecule has 5 heteroatoms. The second-order valence-corrected chi connectivity index (χ2v) is 3.13. The van der Waals surface area contributed by atoms with Crippen molar-refractivity contribution >= 4 is 11.8 Å². The lowest BCUT2D eigenvalue weighted by molar-refractivity contribution is -0.138. The predicted molar refractivity (Wildman–Crippen MR) is 60.7 cm³/mol. The number of ether oxygens (including phenoxy) is 2. The van der Waals surface area contributed by atoms with Crippen LogP contribution in [0, 0.1) is 0 Å². The summed E-state index contributed by atoms with van der Waals surface area (Å²) < 4.78 is 9.65. The standard InChI is InChI=1S/C11H16N2O3/c1-4-13(8-11(14)16-3)9-6-5-7-10(12-9)15-2/h5-7H,4,8H2,1-3H3. The zero-order valence-electron chi connectivity index (χ0n) is 9.77. The summed E-state index contributed by atoms with van der Waals surface area (Å²) in [5.74, 6) is 0.944. The lowest BCUT2D eigenvalue weighted by Gasteiger charge is -2.20. The molecule has 0 aliphatic heterocycles. The zero-order chi connectivity index (χ0) is 12.0. The number of rotatable bonds is 5. The molecule has 5 nitrogen and oxygen atoms in total. The summed E-state index contributed by atoms with van der Waals surface area (Å²) in [5, 5.41) is 0. The van der Waals surface area contributed by atoms with Crippen LogP contribution in [0.5, 0.6) is 5.88 Å². The maximum atomic E-state index is 11.2. The van der Waals surface area contributed by atoms with Crippen LogP contribution in [-0.2, 0) is 9.53 Å². The molecule has 0 fully saturated rings. The molecule has 0 atom stereocenters. The van der Waals surface area contributed by atoms with Gasteiger partial charge in [0.05, 0.1) is 14.2 Å². The third-order valence-electron chi connectivity index (χ3n) is 2.17. The maximum Gasteiger partial charge on any atom is 0.325 e. The van der Waals surface area contributed by atoms with Crippen molar-refractivity contribution in [2.24, 2.45) is 0 Å². The SMILES string of the molecule is CCN(CC(=O)OC)c1cccc(OC)n1. The Balaban J connectivity index is 2.81. The molecule has 1 rings (SSSR count). The Bertz CT molecular complexity index is 355. The van der Waals surface area contributed by atoms with Crippen molar-refractivity contribution in [3.05, 3.63) is 18.2 Å². The van der Waals surface area contributed by atoms with Gasteiger partial charge in [-0.15, -0.1) is 0 Å². The molecular formula is C11H16N2O3. The minimum absolute atomic E-state index is 0.188. The number of anilines is 1. The first-order chi connectivity index (χ1) is 7.71. The molecule has 0 spiro atoms. The van der Waals surface area contributed by atoms with Gasteiger partial charge in [-0.25, -0.2) is 0 Å². The van der Waals surface area contributed by atoms with Crippen LogP contribution in [-0.4, -0.2) is 38.3 Å². The average molecular weight is 224 g/mol. The van der Waals surface area contributed by atoms with Crippen molar-refractivity contribution in [2.75, 3.05) is 32.2 Å². The summed E-state index contributed by atoms with van der Waals surface area (Å²) in [6.45, 7) is 2.81. The first-order valence-corrected chi connectivity index (χ1v) is 5.04. The van der Waals surface area contributed by atoms with E-state index in [-0.39, 0.29) is 12.5 Å². The van der Waals surface area contributed by atoms with Crippen LogP contribution in [0.2, 0.25) is 0 Å². The van der Waals surface area contributed by atoms with Gasteiger partial charge < -0.3 is 14.4 Å². The van der Waals surface area contributed by atoms with Gasteiger partial charge in [0.1, 0.15) is 12.4 Å². The maximum absolute atomic E-state index is 11.2. The molecule has 0 saturated heterocycles. The lowest BCUT2D eigenvalue weighted by Crippen LogP contribution is -2.30. The number of nitrogens with zero attached hydrogens (tertiary/aromatic N) is 2. The molecule has 0 N–H and O–H groups in total. The first kappa shape index (κ1) is 12.3. The lowest BCUT2D eigenvalue weighted by atomic mass is 10.4. The molecule has 1 aromatic heterocycles. The molecule has 0 saturated carbocycles. The minimum Gasteiger partial charge on any atom is -0.481 e. The number of methoxy groups -OCH3 is 2. The second kappa shape index (κ2) is 5.95. The van der Waals surface area contributed by atoms with E-state index in [1.54, 1.807) is 13.2 Å². The Kier molecular flexibility index (Phi) is 4.57. The van der Waals surface area contributed by atoms with E-state index < -0.39 is 0 Å². The van der Waals surface area contributed by atoms with Gasteiger partial charge in [-0.05, 0) is 13.0 Å². The Morgan fingerprint density at radius 1 is 1.44 bits per heavy atom. The fourth-order valence-corrected chi connectivity index (χ4v) is 1.27. The van der Waals surface area contributed by atoms with E-state index >= 15 is 0 Å². The van der Waals surface area contributed by atoms with E-state index in [0.717, 1.165) is 0 Å². The highest BCUT2D eigenvalue weighted by Gasteiger charge is 2.11. The monoisotopic (exact) mass is 224 g/mol. The van der Waals surface area contributed by atoms with Crippen molar-refractivity contribution in [3.8, 4) is 5.88 Å². The fourth-order valence-electron chi connectivity index (χ4n) is 1.27. The Morgan fingerprint density at radius 2 is 2.19 bits per heavy atom. The van der Waals surface area contributed by atoms with Gasteiger partial charge in [0.25, 0.3) is 0 Å². The number of hydrogen-bond acceptors (Lipinski definition) is 5. The van der Waals surface area contributed by atoms with Crippen LogP contribution in [0.4, 0.5) is 5.82 Å². The minimum atomic E-state index is -0.286. The summed E-state index contributed by atoms with van der Waals surface area (Å²) in [6, 6.07) is 5.42. The van der Waals surface area contributed by atoms with Crippen LogP contribution in [0.25, 0.3) is 0 Å². The molecule has 88 valence electrons. The number of aromatic nitrogens is 1. The van der Waals surface area contributed by atoms with Gasteiger partial charge in [0.2, 0.25) is 5.88 Å². The molecule has 0 amide bonds. The van der Waals surface area contributed by atoms with Gasteiger partial charge in [0.15, 0.2) is 0 Å². The normalized spacial score (nSPS) is 9.69. The van der Waals surface area contributed by atoms with Gasteiger partial charge in [-0.1, -0.05) is 6.07 Å². The highest BCUT2D eigenvalue weighted by Crippen LogP contribution is 2.15. The first-order valence-electron chi connectivity index (χ1n) is 5.04. The van der Waals surface area contributed by atoms with Crippen molar-refractivity contribution in [3.63, 3.8) is 0 Å². The van der Waals surface area contributed by atoms with Crippen LogP contribution >= 0.6 is 0 Å². The van der Waals surface area contributed by atoms with Crippen LogP contribution in [0.15, 0.2) is 18.2 Å². The van der Waals surface area contributed by atoms with Crippen molar-refractivity contribution < 1.29 is 14.3 Å². The molecule has 1 heterocycles. The number of esters is 1. The highest BCUT2D eigenvalue weighted by molar-refractivity contribution is 5.75. The molecule has 16 heavy (non-hydrogen) atoms. The van der Waals surface area contributed by atoms with Crippen LogP contribution in [0.1, 0.15) is 6.92 Å². The fraction of sp³-hybridized carbons (Fsp3) is 0.455. The van der Waals surface area contributed by atoms with E-state index in [1.165, 1.54) is 7.11 Å². The number of carbonyl (C=O) groups is 1. The quantitative estimate of drug-likeness (QED) is 0.701. The topological polar surface area (TPSA) is 51.7 Å². The Hall–Kier alpha value is -1.78. The molecule has 0 aliphatic carbocycles. The van der Waals surface area contributed by atoms with Gasteiger partial charge >= 0.3 is 5.97 Å². The van der Waals surface area contributed by atoms with E-state index in [9.17, 15) is 4.79 Å². The van der Waals surface area contributed by atoms with Crippen LogP contribution < -0.4 is 9.64 Å². The van der Waals surface area contributed by atoms with Crippen molar-refractivity contribution in [1.82, 2.24) is 4.98 Å². The van der Waals surface area contributed by atoms with E-state index in [4.69, 9.17) is 4.74 Å². The Morgan fingerprint density at radius 3 is 2.75 bits per heavy atom. The van der Waals surface area contributed by atoms with Crippen molar-refractivity contribution in [2.45, 2.75) is 6.92 Å². The van der Waals surface area contributed by atoms with E-state index in [2.05, 4.69) is 9.72 Å². The largest absolute Gasteiger partial charge is 0.481 e. The molecule has 0 radical (unpaired) electrons. The number of pyridine rings is 1. The number of hydrogen-bond donors (Lipinski definition) is 0. The van der Waals surface area contributed by atoms with Gasteiger partial charge in [-0.2, -0.15) is 4.98 Å². The summed E-state index contributed by atoms with van der Waals surface area (Å²) in [7, 11) is 2.93. The van der Waals surface area contributed by atoms with Crippen molar-refractivity contribution in [1.29, 1.82) is 0 Å². The molecule has 0 aromatic carbocycles. The summed E-state index contributed by atoms with van der Waals surface area (Å²) in [6.07, 6.45) is 0. The summed E-state index contributed by atoms with van der Waals surface area (Å²) >= 11 is 0. The molecular weight excluding hydrogens is 208 g/mol. The molecule has 0 bridgehead atoms. The summed E-state index contributed by atoms with van der Waals surface area (Å²) in [4.78, 5) is 17.2. The zero-order valence-corrected chi connectivity index (χ0v) is 9.77. The third-order valence-corrected chi connectivity index (χ3v) is 2.17. The predicted octanol–water partition coefficient (Wildman–Crippen LogP) is 1.09. The molecule has 0 unspecified atom stereocenters. The Labute approximate surface area is 95.0 Å². The van der Waals surface area contributed by atoms with Gasteiger partial charge in [-0.3, -0.25) is 4.79 Å². The molecule has 1 aromatic rings. The highest BCUT2D eigenvalue weighted by atomic mass is 16.5. The van der Waals surface area contributed by atoms with E-state index in [1.807, 2.05) is 24.0 Å². The smallest absolute Gasteiger partial charge is 0.325 e. The van der Waals surface area contributed by atoms with Gasteiger partial charge in [0, 0.05) is 12.6 Å². The summed E-state index contributed by atoms with van der Waals surface area (Å²) in [5.41, 5.74) is 0. The number of carbonyl (C=O) groups excluding carboxylic acids is 1. The second-order valence-electron chi connectivity index (χ2n) is 3.13. The van der Waals surface area contributed by atoms with Crippen LogP contribution in [0.3, 0.4) is 0 Å². The van der Waals surface area contributed by atoms with E-state index in [0.29, 0.717) is 18.2 Å². The average Bonchev–Trinajstić information content (AvgIpc) is 2.35.